The molecule has 0 spiro atoms. The van der Waals surface area contributed by atoms with Crippen LogP contribution >= 0.6 is 0 Å². The quantitative estimate of drug-likeness (QED) is 0.772. The van der Waals surface area contributed by atoms with Crippen molar-refractivity contribution in [2.24, 2.45) is 0 Å². The van der Waals surface area contributed by atoms with E-state index in [1.54, 1.807) is 4.90 Å². The van der Waals surface area contributed by atoms with Gasteiger partial charge < -0.3 is 9.64 Å². The Hall–Kier alpha value is -1.44. The van der Waals surface area contributed by atoms with Crippen LogP contribution in [0.25, 0.3) is 0 Å². The van der Waals surface area contributed by atoms with Gasteiger partial charge in [-0.2, -0.15) is 4.31 Å². The van der Waals surface area contributed by atoms with Crippen LogP contribution in [0.3, 0.4) is 0 Å². The molecule has 1 saturated heterocycles. The number of hydrogen-bond donors (Lipinski definition) is 0. The van der Waals surface area contributed by atoms with Gasteiger partial charge in [-0.3, -0.25) is 4.79 Å². The molecule has 0 N–H and O–H groups in total. The number of carbonyl (C=O) groups is 1. The fraction of sp³-hybridized carbons (Fsp3) is 0.533. The van der Waals surface area contributed by atoms with Crippen molar-refractivity contribution >= 4 is 15.9 Å². The van der Waals surface area contributed by atoms with Crippen LogP contribution in [0.2, 0.25) is 0 Å². The molecule has 22 heavy (non-hydrogen) atoms. The molecule has 0 atom stereocenters. The van der Waals surface area contributed by atoms with E-state index in [1.807, 2.05) is 30.3 Å². The zero-order valence-electron chi connectivity index (χ0n) is 12.8. The molecule has 122 valence electrons. The topological polar surface area (TPSA) is 66.9 Å². The third-order valence-corrected chi connectivity index (χ3v) is 4.86. The Kier molecular flexibility index (Phi) is 5.93. The summed E-state index contributed by atoms with van der Waals surface area (Å²) in [5.41, 5.74) is 0.909. The average molecular weight is 326 g/mol. The molecule has 1 amide bonds. The van der Waals surface area contributed by atoms with Gasteiger partial charge in [0, 0.05) is 32.6 Å². The molecule has 2 rings (SSSR count). The van der Waals surface area contributed by atoms with Crippen molar-refractivity contribution in [1.82, 2.24) is 9.21 Å². The standard InChI is InChI=1S/C15H22N2O4S/c1-22(19,20)17(13-14-5-3-2-4-6-14)8-7-15(18)16-9-11-21-12-10-16/h2-6H,7-13H2,1H3. The second-order valence-corrected chi connectivity index (χ2v) is 7.31. The first kappa shape index (κ1) is 16.9. The second kappa shape index (κ2) is 7.71. The summed E-state index contributed by atoms with van der Waals surface area (Å²) in [6.45, 7) is 2.74. The fourth-order valence-corrected chi connectivity index (χ4v) is 3.15. The van der Waals surface area contributed by atoms with E-state index in [4.69, 9.17) is 4.74 Å². The number of ether oxygens (including phenoxy) is 1. The molecule has 7 heteroatoms. The predicted octanol–water partition coefficient (Wildman–Crippen LogP) is 0.697. The number of carbonyl (C=O) groups excluding carboxylic acids is 1. The SMILES string of the molecule is CS(=O)(=O)N(CCC(=O)N1CCOCC1)Cc1ccccc1. The summed E-state index contributed by atoms with van der Waals surface area (Å²) in [7, 11) is -3.35. The Morgan fingerprint density at radius 1 is 1.23 bits per heavy atom. The molecular weight excluding hydrogens is 304 g/mol. The highest BCUT2D eigenvalue weighted by molar-refractivity contribution is 7.88. The Morgan fingerprint density at radius 3 is 2.45 bits per heavy atom. The van der Waals surface area contributed by atoms with Crippen molar-refractivity contribution in [3.05, 3.63) is 35.9 Å². The van der Waals surface area contributed by atoms with Gasteiger partial charge in [-0.1, -0.05) is 30.3 Å². The predicted molar refractivity (Wildman–Crippen MR) is 83.7 cm³/mol. The Balaban J connectivity index is 1.94. The minimum atomic E-state index is -3.35. The summed E-state index contributed by atoms with van der Waals surface area (Å²) in [5.74, 6) is -0.0231. The molecule has 0 bridgehead atoms. The van der Waals surface area contributed by atoms with Crippen LogP contribution in [-0.2, 0) is 26.1 Å². The lowest BCUT2D eigenvalue weighted by atomic mass is 10.2. The van der Waals surface area contributed by atoms with E-state index in [2.05, 4.69) is 0 Å². The van der Waals surface area contributed by atoms with Gasteiger partial charge in [0.25, 0.3) is 0 Å². The number of hydrogen-bond acceptors (Lipinski definition) is 4. The number of amides is 1. The van der Waals surface area contributed by atoms with Gasteiger partial charge in [0.2, 0.25) is 15.9 Å². The lowest BCUT2D eigenvalue weighted by Gasteiger charge is -2.28. The first-order valence-electron chi connectivity index (χ1n) is 7.31. The lowest BCUT2D eigenvalue weighted by molar-refractivity contribution is -0.135. The number of sulfonamides is 1. The lowest BCUT2D eigenvalue weighted by Crippen LogP contribution is -2.42. The monoisotopic (exact) mass is 326 g/mol. The van der Waals surface area contributed by atoms with Gasteiger partial charge in [-0.05, 0) is 5.56 Å². The van der Waals surface area contributed by atoms with Crippen molar-refractivity contribution < 1.29 is 17.9 Å². The molecule has 1 aromatic carbocycles. The normalized spacial score (nSPS) is 16.0. The highest BCUT2D eigenvalue weighted by atomic mass is 32.2. The summed E-state index contributed by atoms with van der Waals surface area (Å²) in [5, 5.41) is 0. The van der Waals surface area contributed by atoms with Gasteiger partial charge in [0.15, 0.2) is 0 Å². The van der Waals surface area contributed by atoms with Crippen LogP contribution in [0.4, 0.5) is 0 Å². The minimum Gasteiger partial charge on any atom is -0.378 e. The first-order chi connectivity index (χ1) is 10.5. The number of nitrogens with zero attached hydrogens (tertiary/aromatic N) is 2. The number of rotatable bonds is 6. The zero-order chi connectivity index (χ0) is 16.0. The molecule has 6 nitrogen and oxygen atoms in total. The maximum Gasteiger partial charge on any atom is 0.224 e. The van der Waals surface area contributed by atoms with E-state index < -0.39 is 10.0 Å². The van der Waals surface area contributed by atoms with E-state index in [0.29, 0.717) is 26.3 Å². The van der Waals surface area contributed by atoms with Crippen molar-refractivity contribution in [1.29, 1.82) is 0 Å². The molecule has 1 aliphatic rings. The molecule has 1 aromatic rings. The third kappa shape index (κ3) is 5.08. The second-order valence-electron chi connectivity index (χ2n) is 5.33. The average Bonchev–Trinajstić information content (AvgIpc) is 2.52. The molecule has 0 radical (unpaired) electrons. The molecule has 0 unspecified atom stereocenters. The van der Waals surface area contributed by atoms with E-state index in [1.165, 1.54) is 10.6 Å². The maximum absolute atomic E-state index is 12.1. The first-order valence-corrected chi connectivity index (χ1v) is 9.16. The molecular formula is C15H22N2O4S. The third-order valence-electron chi connectivity index (χ3n) is 3.61. The van der Waals surface area contributed by atoms with Crippen LogP contribution in [0.15, 0.2) is 30.3 Å². The fourth-order valence-electron chi connectivity index (χ4n) is 2.34. The summed E-state index contributed by atoms with van der Waals surface area (Å²) in [6, 6.07) is 9.38. The van der Waals surface area contributed by atoms with E-state index in [-0.39, 0.29) is 25.4 Å². The molecule has 0 aliphatic carbocycles. The molecule has 0 saturated carbocycles. The number of benzene rings is 1. The van der Waals surface area contributed by atoms with Crippen LogP contribution in [-0.4, -0.2) is 62.6 Å². The van der Waals surface area contributed by atoms with Gasteiger partial charge in [0.1, 0.15) is 0 Å². The van der Waals surface area contributed by atoms with Crippen LogP contribution in [0.1, 0.15) is 12.0 Å². The smallest absolute Gasteiger partial charge is 0.224 e. The minimum absolute atomic E-state index is 0.0231. The van der Waals surface area contributed by atoms with Crippen LogP contribution < -0.4 is 0 Å². The van der Waals surface area contributed by atoms with Gasteiger partial charge in [0.05, 0.1) is 19.5 Å². The van der Waals surface area contributed by atoms with E-state index in [9.17, 15) is 13.2 Å². The van der Waals surface area contributed by atoms with Gasteiger partial charge >= 0.3 is 0 Å². The summed E-state index contributed by atoms with van der Waals surface area (Å²) in [6.07, 6.45) is 1.37. The van der Waals surface area contributed by atoms with Gasteiger partial charge in [-0.25, -0.2) is 8.42 Å². The van der Waals surface area contributed by atoms with Crippen LogP contribution in [0, 0.1) is 0 Å². The summed E-state index contributed by atoms with van der Waals surface area (Å²) < 4.78 is 30.4. The van der Waals surface area contributed by atoms with Crippen LogP contribution in [0.5, 0.6) is 0 Å². The highest BCUT2D eigenvalue weighted by Crippen LogP contribution is 2.10. The summed E-state index contributed by atoms with van der Waals surface area (Å²) in [4.78, 5) is 13.9. The van der Waals surface area contributed by atoms with Crippen molar-refractivity contribution in [2.45, 2.75) is 13.0 Å². The molecule has 0 aromatic heterocycles. The number of morpholine rings is 1. The molecule has 1 heterocycles. The van der Waals surface area contributed by atoms with Crippen molar-refractivity contribution in [3.63, 3.8) is 0 Å². The van der Waals surface area contributed by atoms with Gasteiger partial charge in [-0.15, -0.1) is 0 Å². The molecule has 1 aliphatic heterocycles. The van der Waals surface area contributed by atoms with Crippen molar-refractivity contribution in [3.8, 4) is 0 Å². The Labute approximate surface area is 131 Å². The van der Waals surface area contributed by atoms with E-state index >= 15 is 0 Å². The Morgan fingerprint density at radius 2 is 1.86 bits per heavy atom. The maximum atomic E-state index is 12.1. The van der Waals surface area contributed by atoms with E-state index in [0.717, 1.165) is 5.56 Å². The Bertz CT molecular complexity index is 583. The molecule has 1 fully saturated rings. The summed E-state index contributed by atoms with van der Waals surface area (Å²) >= 11 is 0. The largest absolute Gasteiger partial charge is 0.378 e. The van der Waals surface area contributed by atoms with Crippen molar-refractivity contribution in [2.75, 3.05) is 39.1 Å². The highest BCUT2D eigenvalue weighted by Gasteiger charge is 2.21. The zero-order valence-corrected chi connectivity index (χ0v) is 13.6.